The van der Waals surface area contributed by atoms with E-state index in [1.807, 2.05) is 0 Å². The van der Waals surface area contributed by atoms with Crippen LogP contribution in [0, 0.1) is 12.3 Å². The van der Waals surface area contributed by atoms with Crippen LogP contribution in [-0.4, -0.2) is 46.1 Å². The number of terminal acetylenes is 1. The van der Waals surface area contributed by atoms with Gasteiger partial charge in [-0.2, -0.15) is 0 Å². The lowest BCUT2D eigenvalue weighted by atomic mass is 10.1. The maximum absolute atomic E-state index is 12.2. The van der Waals surface area contributed by atoms with Gasteiger partial charge in [-0.05, 0) is 12.1 Å². The van der Waals surface area contributed by atoms with Crippen LogP contribution < -0.4 is 9.64 Å². The fourth-order valence-electron chi connectivity index (χ4n) is 2.26. The summed E-state index contributed by atoms with van der Waals surface area (Å²) in [7, 11) is 2.46. The maximum atomic E-state index is 12.2. The van der Waals surface area contributed by atoms with Gasteiger partial charge in [0.2, 0.25) is 0 Å². The maximum Gasteiger partial charge on any atom is 0.355 e. The molecule has 0 spiro atoms. The fourth-order valence-corrected chi connectivity index (χ4v) is 2.26. The highest BCUT2D eigenvalue weighted by Gasteiger charge is 2.33. The molecule has 0 bridgehead atoms. The summed E-state index contributed by atoms with van der Waals surface area (Å²) in [5.74, 6) is 1.49. The number of para-hydroxylation sites is 2. The average Bonchev–Trinajstić information content (AvgIpc) is 2.64. The number of rotatable bonds is 5. The number of methoxy groups -OCH3 is 2. The zero-order chi connectivity index (χ0) is 17.5. The van der Waals surface area contributed by atoms with Crippen LogP contribution in [0.2, 0.25) is 0 Å². The summed E-state index contributed by atoms with van der Waals surface area (Å²) in [4.78, 5) is 25.7. The predicted molar refractivity (Wildman–Crippen MR) is 85.1 cm³/mol. The van der Waals surface area contributed by atoms with Crippen molar-refractivity contribution < 1.29 is 28.5 Å². The van der Waals surface area contributed by atoms with Crippen molar-refractivity contribution in [3.8, 4) is 18.1 Å². The van der Waals surface area contributed by atoms with Gasteiger partial charge in [-0.25, -0.2) is 9.59 Å². The Hall–Kier alpha value is -2.98. The van der Waals surface area contributed by atoms with Crippen molar-refractivity contribution in [2.24, 2.45) is 0 Å². The van der Waals surface area contributed by atoms with Gasteiger partial charge in [0.25, 0.3) is 0 Å². The lowest BCUT2D eigenvalue weighted by Crippen LogP contribution is -2.39. The number of carbonyl (C=O) groups excluding carboxylic acids is 2. The molecule has 7 nitrogen and oxygen atoms in total. The summed E-state index contributed by atoms with van der Waals surface area (Å²) < 4.78 is 20.5. The van der Waals surface area contributed by atoms with Crippen LogP contribution in [0.5, 0.6) is 5.75 Å². The van der Waals surface area contributed by atoms with Gasteiger partial charge >= 0.3 is 11.9 Å². The van der Waals surface area contributed by atoms with Gasteiger partial charge in [-0.15, -0.1) is 6.42 Å². The normalized spacial score (nSPS) is 14.0. The Balaban J connectivity index is 2.54. The number of ether oxygens (including phenoxy) is 4. The summed E-state index contributed by atoms with van der Waals surface area (Å²) in [6, 6.07) is 6.95. The molecule has 1 aromatic carbocycles. The van der Waals surface area contributed by atoms with Gasteiger partial charge in [0.1, 0.15) is 24.8 Å². The molecule has 126 valence electrons. The van der Waals surface area contributed by atoms with Gasteiger partial charge in [-0.3, -0.25) is 0 Å². The van der Waals surface area contributed by atoms with Crippen LogP contribution in [0.4, 0.5) is 5.69 Å². The second-order valence-electron chi connectivity index (χ2n) is 4.68. The molecule has 24 heavy (non-hydrogen) atoms. The smallest absolute Gasteiger partial charge is 0.355 e. The van der Waals surface area contributed by atoms with Crippen molar-refractivity contribution in [1.29, 1.82) is 0 Å². The highest BCUT2D eigenvalue weighted by Crippen LogP contribution is 2.33. The Labute approximate surface area is 139 Å². The number of nitrogens with zero attached hydrogens (tertiary/aromatic N) is 1. The molecule has 0 radical (unpaired) electrons. The zero-order valence-corrected chi connectivity index (χ0v) is 13.4. The minimum atomic E-state index is -0.676. The van der Waals surface area contributed by atoms with E-state index in [2.05, 4.69) is 5.92 Å². The standard InChI is InChI=1S/C17H17NO6/c1-4-9-24-14-8-6-5-7-13(14)18-11-23-10-12(16(19)21-2)15(18)17(20)22-3/h1,5-8H,9-11H2,2-3H3. The van der Waals surface area contributed by atoms with E-state index in [9.17, 15) is 9.59 Å². The van der Waals surface area contributed by atoms with Gasteiger partial charge in [-0.1, -0.05) is 18.1 Å². The number of hydrogen-bond donors (Lipinski definition) is 0. The van der Waals surface area contributed by atoms with Crippen LogP contribution in [-0.2, 0) is 23.8 Å². The fraction of sp³-hybridized carbons (Fsp3) is 0.294. The van der Waals surface area contributed by atoms with Gasteiger partial charge in [0.15, 0.2) is 0 Å². The molecular weight excluding hydrogens is 314 g/mol. The Kier molecular flexibility index (Phi) is 5.82. The first-order valence-electron chi connectivity index (χ1n) is 7.04. The first-order chi connectivity index (χ1) is 11.6. The highest BCUT2D eigenvalue weighted by atomic mass is 16.5. The Morgan fingerprint density at radius 1 is 1.25 bits per heavy atom. The SMILES string of the molecule is C#CCOc1ccccc1N1COCC(C(=O)OC)=C1C(=O)OC. The molecule has 2 rings (SSSR count). The third-order valence-corrected chi connectivity index (χ3v) is 3.30. The summed E-state index contributed by atoms with van der Waals surface area (Å²) >= 11 is 0. The van der Waals surface area contributed by atoms with Crippen LogP contribution >= 0.6 is 0 Å². The van der Waals surface area contributed by atoms with E-state index in [0.29, 0.717) is 11.4 Å². The van der Waals surface area contributed by atoms with Gasteiger partial charge < -0.3 is 23.8 Å². The molecule has 1 aromatic rings. The van der Waals surface area contributed by atoms with Crippen molar-refractivity contribution in [3.05, 3.63) is 35.5 Å². The van der Waals surface area contributed by atoms with Crippen molar-refractivity contribution in [2.75, 3.05) is 39.1 Å². The topological polar surface area (TPSA) is 74.3 Å². The second-order valence-corrected chi connectivity index (χ2v) is 4.68. The zero-order valence-electron chi connectivity index (χ0n) is 13.4. The summed E-state index contributed by atoms with van der Waals surface area (Å²) in [5.41, 5.74) is 0.643. The summed E-state index contributed by atoms with van der Waals surface area (Å²) in [5, 5.41) is 0. The lowest BCUT2D eigenvalue weighted by Gasteiger charge is -2.32. The Morgan fingerprint density at radius 3 is 2.62 bits per heavy atom. The Bertz CT molecular complexity index is 703. The summed E-state index contributed by atoms with van der Waals surface area (Å²) in [6.45, 7) is 0.0508. The van der Waals surface area contributed by atoms with Crippen LogP contribution in [0.15, 0.2) is 35.5 Å². The quantitative estimate of drug-likeness (QED) is 0.591. The molecule has 0 unspecified atom stereocenters. The highest BCUT2D eigenvalue weighted by molar-refractivity contribution is 6.03. The lowest BCUT2D eigenvalue weighted by molar-refractivity contribution is -0.140. The van der Waals surface area contributed by atoms with E-state index in [1.54, 1.807) is 24.3 Å². The molecule has 1 aliphatic heterocycles. The van der Waals surface area contributed by atoms with E-state index < -0.39 is 11.9 Å². The molecule has 7 heteroatoms. The van der Waals surface area contributed by atoms with E-state index in [4.69, 9.17) is 25.4 Å². The molecule has 0 amide bonds. The first-order valence-corrected chi connectivity index (χ1v) is 7.04. The largest absolute Gasteiger partial charge is 0.479 e. The van der Waals surface area contributed by atoms with Crippen molar-refractivity contribution in [1.82, 2.24) is 0 Å². The van der Waals surface area contributed by atoms with Crippen molar-refractivity contribution in [3.63, 3.8) is 0 Å². The van der Waals surface area contributed by atoms with Crippen LogP contribution in [0.3, 0.4) is 0 Å². The van der Waals surface area contributed by atoms with Crippen molar-refractivity contribution in [2.45, 2.75) is 0 Å². The number of hydrogen-bond acceptors (Lipinski definition) is 7. The molecule has 0 fully saturated rings. The molecule has 1 heterocycles. The number of esters is 2. The van der Waals surface area contributed by atoms with E-state index in [1.165, 1.54) is 19.1 Å². The van der Waals surface area contributed by atoms with Crippen LogP contribution in [0.1, 0.15) is 0 Å². The third-order valence-electron chi connectivity index (χ3n) is 3.30. The Morgan fingerprint density at radius 2 is 1.96 bits per heavy atom. The molecule has 0 N–H and O–H groups in total. The second kappa shape index (κ2) is 8.04. The van der Waals surface area contributed by atoms with Gasteiger partial charge in [0.05, 0.1) is 32.1 Å². The third kappa shape index (κ3) is 3.50. The molecule has 0 aromatic heterocycles. The number of benzene rings is 1. The summed E-state index contributed by atoms with van der Waals surface area (Å²) in [6.07, 6.45) is 5.22. The molecular formula is C17H17NO6. The number of carbonyl (C=O) groups is 2. The van der Waals surface area contributed by atoms with E-state index >= 15 is 0 Å². The molecule has 0 saturated carbocycles. The minimum Gasteiger partial charge on any atom is -0.479 e. The predicted octanol–water partition coefficient (Wildman–Crippen LogP) is 1.09. The molecule has 1 aliphatic rings. The average molecular weight is 331 g/mol. The first kappa shape index (κ1) is 17.4. The van der Waals surface area contributed by atoms with Crippen LogP contribution in [0.25, 0.3) is 0 Å². The molecule has 0 saturated heterocycles. The van der Waals surface area contributed by atoms with E-state index in [-0.39, 0.29) is 31.2 Å². The minimum absolute atomic E-state index is 0.0430. The molecule has 0 aliphatic carbocycles. The van der Waals surface area contributed by atoms with E-state index in [0.717, 1.165) is 0 Å². The monoisotopic (exact) mass is 331 g/mol. The van der Waals surface area contributed by atoms with Crippen molar-refractivity contribution >= 4 is 17.6 Å². The number of anilines is 1. The van der Waals surface area contributed by atoms with Gasteiger partial charge in [0, 0.05) is 0 Å². The molecule has 0 atom stereocenters.